The van der Waals surface area contributed by atoms with E-state index in [1.54, 1.807) is 0 Å². The van der Waals surface area contributed by atoms with Gasteiger partial charge in [-0.1, -0.05) is 0 Å². The summed E-state index contributed by atoms with van der Waals surface area (Å²) in [6, 6.07) is 0. The third-order valence-corrected chi connectivity index (χ3v) is 2.44. The molecule has 1 unspecified atom stereocenters. The minimum atomic E-state index is 0.0207. The number of rotatable bonds is 7. The third kappa shape index (κ3) is 6.75. The maximum atomic E-state index is 5.48. The van der Waals surface area contributed by atoms with Crippen molar-refractivity contribution in [2.45, 2.75) is 19.4 Å². The summed E-state index contributed by atoms with van der Waals surface area (Å²) in [5, 5.41) is 3.11. The van der Waals surface area contributed by atoms with Gasteiger partial charge < -0.3 is 19.5 Å². The smallest absolute Gasteiger partial charge is 0.205 e. The van der Waals surface area contributed by atoms with E-state index in [0.717, 1.165) is 26.2 Å². The van der Waals surface area contributed by atoms with Crippen LogP contribution < -0.4 is 16.6 Å². The van der Waals surface area contributed by atoms with Gasteiger partial charge in [0.25, 0.3) is 0 Å². The second-order valence-electron chi connectivity index (χ2n) is 3.88. The Morgan fingerprint density at radius 1 is 1.50 bits per heavy atom. The standard InChI is InChI=1S/C11H24N4O3/c1-2-16-5-3-4-13-11(15-12)14-8-10-9-17-6-7-18-10/h10H,2-9,12H2,1H3,(H2,13,14,15). The van der Waals surface area contributed by atoms with Gasteiger partial charge in [-0.3, -0.25) is 5.43 Å². The summed E-state index contributed by atoms with van der Waals surface area (Å²) in [7, 11) is 0. The molecule has 0 saturated carbocycles. The van der Waals surface area contributed by atoms with Crippen molar-refractivity contribution >= 4 is 5.96 Å². The number of hydrogen-bond donors (Lipinski definition) is 3. The molecule has 106 valence electrons. The normalized spacial score (nSPS) is 20.8. The maximum absolute atomic E-state index is 5.48. The van der Waals surface area contributed by atoms with Gasteiger partial charge in [-0.25, -0.2) is 10.8 Å². The average Bonchev–Trinajstić information content (AvgIpc) is 2.43. The molecule has 1 atom stereocenters. The highest BCUT2D eigenvalue weighted by molar-refractivity contribution is 5.79. The van der Waals surface area contributed by atoms with Gasteiger partial charge in [0.1, 0.15) is 6.10 Å². The quantitative estimate of drug-likeness (QED) is 0.183. The zero-order valence-electron chi connectivity index (χ0n) is 11.0. The lowest BCUT2D eigenvalue weighted by atomic mass is 10.3. The molecule has 1 fully saturated rings. The van der Waals surface area contributed by atoms with Crippen molar-refractivity contribution in [3.63, 3.8) is 0 Å². The lowest BCUT2D eigenvalue weighted by Gasteiger charge is -2.21. The predicted molar refractivity (Wildman–Crippen MR) is 69.3 cm³/mol. The summed E-state index contributed by atoms with van der Waals surface area (Å²) in [6.07, 6.45) is 0.935. The molecule has 0 aromatic carbocycles. The molecule has 0 bridgehead atoms. The molecule has 0 radical (unpaired) electrons. The van der Waals surface area contributed by atoms with Crippen LogP contribution in [0.4, 0.5) is 0 Å². The Morgan fingerprint density at radius 3 is 3.06 bits per heavy atom. The number of nitrogens with two attached hydrogens (primary N) is 1. The Balaban J connectivity index is 2.13. The summed E-state index contributed by atoms with van der Waals surface area (Å²) in [5.74, 6) is 5.95. The van der Waals surface area contributed by atoms with Crippen molar-refractivity contribution < 1.29 is 14.2 Å². The average molecular weight is 260 g/mol. The molecule has 1 rings (SSSR count). The first-order valence-electron chi connectivity index (χ1n) is 6.38. The molecule has 1 saturated heterocycles. The molecule has 18 heavy (non-hydrogen) atoms. The summed E-state index contributed by atoms with van der Waals surface area (Å²) in [6.45, 7) is 6.66. The Labute approximate surface area is 108 Å². The van der Waals surface area contributed by atoms with Crippen LogP contribution in [0.5, 0.6) is 0 Å². The SMILES string of the molecule is CCOCCCNC(=NCC1COCCO1)NN. The highest BCUT2D eigenvalue weighted by Crippen LogP contribution is 2.00. The second-order valence-corrected chi connectivity index (χ2v) is 3.88. The van der Waals surface area contributed by atoms with Gasteiger partial charge in [0.15, 0.2) is 0 Å². The largest absolute Gasteiger partial charge is 0.382 e. The van der Waals surface area contributed by atoms with E-state index < -0.39 is 0 Å². The van der Waals surface area contributed by atoms with Crippen LogP contribution in [-0.4, -0.2) is 58.2 Å². The molecule has 0 spiro atoms. The maximum Gasteiger partial charge on any atom is 0.205 e. The Kier molecular flexibility index (Phi) is 8.49. The first-order chi connectivity index (χ1) is 8.86. The fourth-order valence-electron chi connectivity index (χ4n) is 1.51. The lowest BCUT2D eigenvalue weighted by Crippen LogP contribution is -2.43. The van der Waals surface area contributed by atoms with Crippen LogP contribution in [0.1, 0.15) is 13.3 Å². The monoisotopic (exact) mass is 260 g/mol. The molecule has 0 aromatic heterocycles. The number of nitrogens with zero attached hydrogens (tertiary/aromatic N) is 1. The predicted octanol–water partition coefficient (Wildman–Crippen LogP) is -0.763. The molecule has 4 N–H and O–H groups in total. The van der Waals surface area contributed by atoms with Gasteiger partial charge in [0.05, 0.1) is 26.4 Å². The molecule has 1 heterocycles. The van der Waals surface area contributed by atoms with Crippen molar-refractivity contribution in [1.82, 2.24) is 10.7 Å². The Bertz CT molecular complexity index is 232. The number of hydrazine groups is 1. The first-order valence-corrected chi connectivity index (χ1v) is 6.38. The van der Waals surface area contributed by atoms with E-state index in [1.165, 1.54) is 0 Å². The zero-order chi connectivity index (χ0) is 13.1. The van der Waals surface area contributed by atoms with E-state index in [4.69, 9.17) is 20.1 Å². The summed E-state index contributed by atoms with van der Waals surface area (Å²) in [4.78, 5) is 4.31. The van der Waals surface area contributed by atoms with Crippen LogP contribution in [-0.2, 0) is 14.2 Å². The summed E-state index contributed by atoms with van der Waals surface area (Å²) < 4.78 is 16.0. The van der Waals surface area contributed by atoms with E-state index in [-0.39, 0.29) is 6.10 Å². The summed E-state index contributed by atoms with van der Waals surface area (Å²) >= 11 is 0. The van der Waals surface area contributed by atoms with Crippen LogP contribution in [0.3, 0.4) is 0 Å². The molecule has 1 aliphatic heterocycles. The van der Waals surface area contributed by atoms with Gasteiger partial charge in [0, 0.05) is 19.8 Å². The minimum Gasteiger partial charge on any atom is -0.382 e. The third-order valence-electron chi connectivity index (χ3n) is 2.44. The number of guanidine groups is 1. The van der Waals surface area contributed by atoms with Gasteiger partial charge in [0.2, 0.25) is 5.96 Å². The van der Waals surface area contributed by atoms with Crippen molar-refractivity contribution in [3.05, 3.63) is 0 Å². The van der Waals surface area contributed by atoms with Crippen LogP contribution >= 0.6 is 0 Å². The highest BCUT2D eigenvalue weighted by atomic mass is 16.6. The van der Waals surface area contributed by atoms with Crippen LogP contribution in [0.15, 0.2) is 4.99 Å². The Hall–Kier alpha value is -0.890. The fourth-order valence-corrected chi connectivity index (χ4v) is 1.51. The van der Waals surface area contributed by atoms with Crippen molar-refractivity contribution in [2.75, 3.05) is 46.1 Å². The topological polar surface area (TPSA) is 90.1 Å². The van der Waals surface area contributed by atoms with E-state index in [9.17, 15) is 0 Å². The number of nitrogens with one attached hydrogen (secondary N) is 2. The zero-order valence-corrected chi connectivity index (χ0v) is 11.0. The van der Waals surface area contributed by atoms with Gasteiger partial charge in [-0.05, 0) is 13.3 Å². The molecular formula is C11H24N4O3. The fraction of sp³-hybridized carbons (Fsp3) is 0.909. The molecular weight excluding hydrogens is 236 g/mol. The summed E-state index contributed by atoms with van der Waals surface area (Å²) in [5.41, 5.74) is 2.53. The highest BCUT2D eigenvalue weighted by Gasteiger charge is 2.13. The van der Waals surface area contributed by atoms with Gasteiger partial charge in [-0.2, -0.15) is 0 Å². The lowest BCUT2D eigenvalue weighted by molar-refractivity contribution is -0.0832. The van der Waals surface area contributed by atoms with Crippen LogP contribution in [0.2, 0.25) is 0 Å². The molecule has 7 heteroatoms. The van der Waals surface area contributed by atoms with E-state index in [1.807, 2.05) is 6.92 Å². The van der Waals surface area contributed by atoms with Crippen LogP contribution in [0, 0.1) is 0 Å². The van der Waals surface area contributed by atoms with Gasteiger partial charge in [-0.15, -0.1) is 0 Å². The minimum absolute atomic E-state index is 0.0207. The van der Waals surface area contributed by atoms with Gasteiger partial charge >= 0.3 is 0 Å². The van der Waals surface area contributed by atoms with Crippen molar-refractivity contribution in [1.29, 1.82) is 0 Å². The second kappa shape index (κ2) is 10.1. The molecule has 0 aliphatic carbocycles. The number of ether oxygens (including phenoxy) is 3. The number of hydrogen-bond acceptors (Lipinski definition) is 5. The van der Waals surface area contributed by atoms with Crippen LogP contribution in [0.25, 0.3) is 0 Å². The molecule has 0 aromatic rings. The van der Waals surface area contributed by atoms with E-state index in [2.05, 4.69) is 15.7 Å². The molecule has 1 aliphatic rings. The molecule has 0 amide bonds. The van der Waals surface area contributed by atoms with Crippen molar-refractivity contribution in [3.8, 4) is 0 Å². The Morgan fingerprint density at radius 2 is 2.39 bits per heavy atom. The molecule has 7 nitrogen and oxygen atoms in total. The number of aliphatic imine (C=N–C) groups is 1. The van der Waals surface area contributed by atoms with Crippen molar-refractivity contribution in [2.24, 2.45) is 10.8 Å². The first kappa shape index (κ1) is 15.2. The van der Waals surface area contributed by atoms with E-state index in [0.29, 0.717) is 32.3 Å². The van der Waals surface area contributed by atoms with E-state index >= 15 is 0 Å².